The molecular formula is C17H26N2O. The lowest BCUT2D eigenvalue weighted by atomic mass is 9.83. The average molecular weight is 274 g/mol. The summed E-state index contributed by atoms with van der Waals surface area (Å²) in [6, 6.07) is 9.57. The largest absolute Gasteiger partial charge is 0.354 e. The zero-order chi connectivity index (χ0) is 14.6. The van der Waals surface area contributed by atoms with E-state index < -0.39 is 5.54 Å². The van der Waals surface area contributed by atoms with E-state index in [2.05, 4.69) is 12.2 Å². The van der Waals surface area contributed by atoms with Crippen LogP contribution in [0.3, 0.4) is 0 Å². The fourth-order valence-corrected chi connectivity index (χ4v) is 2.87. The Kier molecular flexibility index (Phi) is 4.81. The van der Waals surface area contributed by atoms with Crippen molar-refractivity contribution in [2.24, 2.45) is 17.6 Å². The van der Waals surface area contributed by atoms with Crippen molar-refractivity contribution in [3.8, 4) is 0 Å². The Hall–Kier alpha value is -1.35. The second-order valence-electron chi connectivity index (χ2n) is 6.40. The minimum atomic E-state index is -0.955. The first-order valence-electron chi connectivity index (χ1n) is 7.63. The minimum absolute atomic E-state index is 0.0812. The van der Waals surface area contributed by atoms with Gasteiger partial charge in [-0.15, -0.1) is 0 Å². The van der Waals surface area contributed by atoms with Gasteiger partial charge in [0, 0.05) is 6.54 Å². The van der Waals surface area contributed by atoms with Crippen LogP contribution in [0.4, 0.5) is 0 Å². The zero-order valence-electron chi connectivity index (χ0n) is 12.6. The molecule has 0 spiro atoms. The molecule has 0 aliphatic heterocycles. The van der Waals surface area contributed by atoms with E-state index in [-0.39, 0.29) is 5.91 Å². The SMILES string of the molecule is CC1CCC(CNC(=O)C(C)(N)c2ccccc2)CC1. The van der Waals surface area contributed by atoms with E-state index in [0.717, 1.165) is 18.0 Å². The van der Waals surface area contributed by atoms with Gasteiger partial charge in [-0.3, -0.25) is 4.79 Å². The molecule has 1 saturated carbocycles. The van der Waals surface area contributed by atoms with Crippen molar-refractivity contribution >= 4 is 5.91 Å². The number of carbonyl (C=O) groups excluding carboxylic acids is 1. The van der Waals surface area contributed by atoms with Crippen LogP contribution in [0.2, 0.25) is 0 Å². The summed E-state index contributed by atoms with van der Waals surface area (Å²) in [5, 5.41) is 3.04. The topological polar surface area (TPSA) is 55.1 Å². The van der Waals surface area contributed by atoms with Gasteiger partial charge < -0.3 is 11.1 Å². The van der Waals surface area contributed by atoms with Gasteiger partial charge in [-0.25, -0.2) is 0 Å². The van der Waals surface area contributed by atoms with E-state index >= 15 is 0 Å². The molecule has 1 amide bonds. The van der Waals surface area contributed by atoms with Crippen LogP contribution in [0.25, 0.3) is 0 Å². The molecule has 0 saturated heterocycles. The highest BCUT2D eigenvalue weighted by molar-refractivity contribution is 5.86. The van der Waals surface area contributed by atoms with Gasteiger partial charge in [-0.05, 0) is 37.2 Å². The summed E-state index contributed by atoms with van der Waals surface area (Å²) in [7, 11) is 0. The highest BCUT2D eigenvalue weighted by Gasteiger charge is 2.30. The molecule has 1 aliphatic carbocycles. The van der Waals surface area contributed by atoms with Crippen molar-refractivity contribution in [1.29, 1.82) is 0 Å². The predicted molar refractivity (Wildman–Crippen MR) is 82.1 cm³/mol. The summed E-state index contributed by atoms with van der Waals surface area (Å²) in [6.45, 7) is 4.84. The number of hydrogen-bond donors (Lipinski definition) is 2. The fourth-order valence-electron chi connectivity index (χ4n) is 2.87. The highest BCUT2D eigenvalue weighted by Crippen LogP contribution is 2.28. The predicted octanol–water partition coefficient (Wildman–Crippen LogP) is 2.80. The number of amides is 1. The molecule has 1 aromatic rings. The second-order valence-corrected chi connectivity index (χ2v) is 6.40. The molecule has 0 heterocycles. The van der Waals surface area contributed by atoms with Crippen LogP contribution >= 0.6 is 0 Å². The molecule has 1 fully saturated rings. The number of benzene rings is 1. The van der Waals surface area contributed by atoms with Gasteiger partial charge >= 0.3 is 0 Å². The second kappa shape index (κ2) is 6.40. The first-order valence-corrected chi connectivity index (χ1v) is 7.63. The Bertz CT molecular complexity index is 434. The van der Waals surface area contributed by atoms with Crippen LogP contribution in [0.5, 0.6) is 0 Å². The average Bonchev–Trinajstić information content (AvgIpc) is 2.47. The molecule has 0 aromatic heterocycles. The maximum atomic E-state index is 12.3. The number of hydrogen-bond acceptors (Lipinski definition) is 2. The third-order valence-electron chi connectivity index (χ3n) is 4.53. The van der Waals surface area contributed by atoms with Crippen LogP contribution in [0.1, 0.15) is 45.1 Å². The summed E-state index contributed by atoms with van der Waals surface area (Å²) < 4.78 is 0. The number of nitrogens with two attached hydrogens (primary N) is 1. The van der Waals surface area contributed by atoms with Crippen molar-refractivity contribution in [1.82, 2.24) is 5.32 Å². The van der Waals surface area contributed by atoms with Crippen molar-refractivity contribution in [2.45, 2.75) is 45.1 Å². The molecule has 1 unspecified atom stereocenters. The van der Waals surface area contributed by atoms with Crippen molar-refractivity contribution in [3.63, 3.8) is 0 Å². The van der Waals surface area contributed by atoms with Crippen LogP contribution < -0.4 is 11.1 Å². The maximum absolute atomic E-state index is 12.3. The first kappa shape index (κ1) is 15.0. The standard InChI is InChI=1S/C17H26N2O/c1-13-8-10-14(11-9-13)12-19-16(20)17(2,18)15-6-4-3-5-7-15/h3-7,13-14H,8-12,18H2,1-2H3,(H,19,20). The van der Waals surface area contributed by atoms with Crippen molar-refractivity contribution < 1.29 is 4.79 Å². The first-order chi connectivity index (χ1) is 9.50. The van der Waals surface area contributed by atoms with E-state index in [1.54, 1.807) is 6.92 Å². The lowest BCUT2D eigenvalue weighted by Crippen LogP contribution is -2.50. The molecule has 3 nitrogen and oxygen atoms in total. The van der Waals surface area contributed by atoms with Crippen LogP contribution in [-0.2, 0) is 10.3 Å². The summed E-state index contributed by atoms with van der Waals surface area (Å²) in [4.78, 5) is 12.3. The van der Waals surface area contributed by atoms with Crippen molar-refractivity contribution in [3.05, 3.63) is 35.9 Å². The van der Waals surface area contributed by atoms with E-state index in [9.17, 15) is 4.79 Å². The van der Waals surface area contributed by atoms with Gasteiger partial charge in [-0.2, -0.15) is 0 Å². The summed E-state index contributed by atoms with van der Waals surface area (Å²) in [5.74, 6) is 1.37. The third kappa shape index (κ3) is 3.60. The third-order valence-corrected chi connectivity index (χ3v) is 4.53. The lowest BCUT2D eigenvalue weighted by molar-refractivity contribution is -0.126. The van der Waals surface area contributed by atoms with Gasteiger partial charge in [0.25, 0.3) is 0 Å². The van der Waals surface area contributed by atoms with Crippen LogP contribution in [0, 0.1) is 11.8 Å². The smallest absolute Gasteiger partial charge is 0.244 e. The highest BCUT2D eigenvalue weighted by atomic mass is 16.2. The Labute approximate surface area is 121 Å². The van der Waals surface area contributed by atoms with E-state index in [1.165, 1.54) is 25.7 Å². The molecule has 20 heavy (non-hydrogen) atoms. The molecule has 3 heteroatoms. The van der Waals surface area contributed by atoms with Crippen molar-refractivity contribution in [2.75, 3.05) is 6.54 Å². The lowest BCUT2D eigenvalue weighted by Gasteiger charge is -2.29. The number of rotatable bonds is 4. The minimum Gasteiger partial charge on any atom is -0.354 e. The Morgan fingerprint density at radius 1 is 1.25 bits per heavy atom. The number of nitrogens with one attached hydrogen (secondary N) is 1. The maximum Gasteiger partial charge on any atom is 0.244 e. The fraction of sp³-hybridized carbons (Fsp3) is 0.588. The molecule has 2 rings (SSSR count). The zero-order valence-corrected chi connectivity index (χ0v) is 12.6. The van der Waals surface area contributed by atoms with Gasteiger partial charge in [0.1, 0.15) is 5.54 Å². The molecular weight excluding hydrogens is 248 g/mol. The molecule has 1 aromatic carbocycles. The summed E-state index contributed by atoms with van der Waals surface area (Å²) in [5.41, 5.74) is 6.11. The molecule has 1 atom stereocenters. The monoisotopic (exact) mass is 274 g/mol. The Morgan fingerprint density at radius 2 is 1.85 bits per heavy atom. The van der Waals surface area contributed by atoms with Gasteiger partial charge in [0.05, 0.1) is 0 Å². The van der Waals surface area contributed by atoms with Gasteiger partial charge in [0.15, 0.2) is 0 Å². The van der Waals surface area contributed by atoms with Gasteiger partial charge in [0.2, 0.25) is 5.91 Å². The summed E-state index contributed by atoms with van der Waals surface area (Å²) in [6.07, 6.45) is 4.99. The Morgan fingerprint density at radius 3 is 2.45 bits per heavy atom. The van der Waals surface area contributed by atoms with Crippen LogP contribution in [0.15, 0.2) is 30.3 Å². The molecule has 0 bridgehead atoms. The van der Waals surface area contributed by atoms with E-state index in [1.807, 2.05) is 30.3 Å². The molecule has 3 N–H and O–H groups in total. The van der Waals surface area contributed by atoms with E-state index in [0.29, 0.717) is 5.92 Å². The quantitative estimate of drug-likeness (QED) is 0.887. The molecule has 1 aliphatic rings. The van der Waals surface area contributed by atoms with Gasteiger partial charge in [-0.1, -0.05) is 50.1 Å². The van der Waals surface area contributed by atoms with E-state index in [4.69, 9.17) is 5.73 Å². The molecule has 0 radical (unpaired) electrons. The summed E-state index contributed by atoms with van der Waals surface area (Å²) >= 11 is 0. The van der Waals surface area contributed by atoms with Crippen LogP contribution in [-0.4, -0.2) is 12.5 Å². The number of carbonyl (C=O) groups is 1. The Balaban J connectivity index is 1.88. The normalized spacial score (nSPS) is 25.8. The molecule has 110 valence electrons.